The normalized spacial score (nSPS) is 11.1. The molecule has 2 aromatic carbocycles. The summed E-state index contributed by atoms with van der Waals surface area (Å²) in [4.78, 5) is 0. The second kappa shape index (κ2) is 6.66. The summed E-state index contributed by atoms with van der Waals surface area (Å²) in [6.45, 7) is 2.00. The van der Waals surface area contributed by atoms with Crippen molar-refractivity contribution < 1.29 is 10.2 Å². The summed E-state index contributed by atoms with van der Waals surface area (Å²) in [5, 5.41) is 22.0. The van der Waals surface area contributed by atoms with E-state index in [0.717, 1.165) is 19.6 Å². The molecule has 7 heteroatoms. The summed E-state index contributed by atoms with van der Waals surface area (Å²) in [7, 11) is -0.897. The lowest BCUT2D eigenvalue weighted by atomic mass is 10.3. The van der Waals surface area contributed by atoms with Crippen molar-refractivity contribution in [2.75, 3.05) is 6.66 Å². The van der Waals surface area contributed by atoms with Crippen molar-refractivity contribution in [3.8, 4) is 11.5 Å². The molecule has 20 heavy (non-hydrogen) atoms. The van der Waals surface area contributed by atoms with Crippen LogP contribution in [0.25, 0.3) is 0 Å². The van der Waals surface area contributed by atoms with Gasteiger partial charge in [0.15, 0.2) is 0 Å². The second-order valence-corrected chi connectivity index (χ2v) is 9.69. The van der Waals surface area contributed by atoms with E-state index in [1.165, 1.54) is 0 Å². The van der Waals surface area contributed by atoms with E-state index < -0.39 is 7.92 Å². The van der Waals surface area contributed by atoms with Crippen LogP contribution in [0.5, 0.6) is 11.5 Å². The van der Waals surface area contributed by atoms with E-state index in [2.05, 4.69) is 63.7 Å². The van der Waals surface area contributed by atoms with E-state index in [9.17, 15) is 10.2 Å². The first-order valence-corrected chi connectivity index (χ1v) is 10.4. The Bertz CT molecular complexity index is 618. The molecule has 0 radical (unpaired) electrons. The molecule has 2 nitrogen and oxygen atoms in total. The Morgan fingerprint density at radius 3 is 1.45 bits per heavy atom. The van der Waals surface area contributed by atoms with Gasteiger partial charge in [0.05, 0.1) is 8.95 Å². The van der Waals surface area contributed by atoms with E-state index >= 15 is 0 Å². The molecule has 0 bridgehead atoms. The van der Waals surface area contributed by atoms with E-state index in [1.807, 2.05) is 18.8 Å². The summed E-state index contributed by atoms with van der Waals surface area (Å²) in [5.74, 6) is 0.412. The van der Waals surface area contributed by atoms with Crippen molar-refractivity contribution >= 4 is 82.3 Å². The third kappa shape index (κ3) is 3.41. The molecule has 0 aliphatic rings. The molecule has 0 heterocycles. The Morgan fingerprint density at radius 2 is 1.10 bits per heavy atom. The smallest absolute Gasteiger partial charge is 0.137 e. The molecule has 2 aromatic rings. The lowest BCUT2D eigenvalue weighted by molar-refractivity contribution is 0.475. The number of benzene rings is 2. The van der Waals surface area contributed by atoms with Gasteiger partial charge in [-0.1, -0.05) is 31.9 Å². The van der Waals surface area contributed by atoms with Crippen LogP contribution in [0.3, 0.4) is 0 Å². The molecule has 0 spiro atoms. The van der Waals surface area contributed by atoms with Gasteiger partial charge in [0.1, 0.15) is 11.5 Å². The first-order chi connectivity index (χ1) is 9.31. The fourth-order valence-corrected chi connectivity index (χ4v) is 6.66. The van der Waals surface area contributed by atoms with Crippen molar-refractivity contribution in [2.24, 2.45) is 0 Å². The molecule has 2 rings (SSSR count). The Morgan fingerprint density at radius 1 is 0.750 bits per heavy atom. The van der Waals surface area contributed by atoms with E-state index in [1.54, 1.807) is 12.1 Å². The average molecular weight is 548 g/mol. The first kappa shape index (κ1) is 16.8. The maximum Gasteiger partial charge on any atom is 0.137 e. The highest BCUT2D eigenvalue weighted by Crippen LogP contribution is 2.42. The van der Waals surface area contributed by atoms with Crippen LogP contribution < -0.4 is 10.6 Å². The summed E-state index contributed by atoms with van der Waals surface area (Å²) < 4.78 is 3.01. The van der Waals surface area contributed by atoms with Crippen LogP contribution in [0.15, 0.2) is 42.2 Å². The number of phenols is 2. The molecule has 0 atom stereocenters. The maximum atomic E-state index is 10.2. The highest BCUT2D eigenvalue weighted by atomic mass is 79.9. The Kier molecular flexibility index (Phi) is 5.58. The van der Waals surface area contributed by atoms with Gasteiger partial charge in [0.2, 0.25) is 0 Å². The monoisotopic (exact) mass is 544 g/mol. The number of halogens is 4. The second-order valence-electron chi connectivity index (χ2n) is 4.07. The lowest BCUT2D eigenvalue weighted by Gasteiger charge is -2.18. The molecule has 0 saturated carbocycles. The van der Waals surface area contributed by atoms with Crippen LogP contribution in [-0.4, -0.2) is 16.9 Å². The minimum atomic E-state index is -0.897. The predicted molar refractivity (Wildman–Crippen MR) is 99.1 cm³/mol. The van der Waals surface area contributed by atoms with Crippen LogP contribution in [0.1, 0.15) is 0 Å². The SMILES string of the molecule is CP(c1cc(Br)cc(Br)c1O)c1cc(Br)cc(Br)c1O. The molecular weight excluding hydrogens is 539 g/mol. The number of aromatic hydroxyl groups is 2. The van der Waals surface area contributed by atoms with Gasteiger partial charge in [-0.25, -0.2) is 0 Å². The van der Waals surface area contributed by atoms with Crippen molar-refractivity contribution in [1.29, 1.82) is 0 Å². The molecule has 106 valence electrons. The Balaban J connectivity index is 2.60. The lowest BCUT2D eigenvalue weighted by Crippen LogP contribution is -2.13. The fourth-order valence-electron chi connectivity index (χ4n) is 1.75. The maximum absolute atomic E-state index is 10.2. The van der Waals surface area contributed by atoms with Gasteiger partial charge in [-0.05, 0) is 70.7 Å². The number of hydrogen-bond acceptors (Lipinski definition) is 2. The first-order valence-electron chi connectivity index (χ1n) is 5.41. The highest BCUT2D eigenvalue weighted by molar-refractivity contribution is 9.11. The zero-order chi connectivity index (χ0) is 15.0. The van der Waals surface area contributed by atoms with Gasteiger partial charge in [-0.15, -0.1) is 0 Å². The molecule has 0 aliphatic heterocycles. The van der Waals surface area contributed by atoms with Gasteiger partial charge < -0.3 is 10.2 Å². The third-order valence-electron chi connectivity index (χ3n) is 2.74. The molecular formula is C13H9Br4O2P. The molecule has 0 fully saturated rings. The van der Waals surface area contributed by atoms with Crippen LogP contribution in [0.2, 0.25) is 0 Å². The van der Waals surface area contributed by atoms with E-state index in [4.69, 9.17) is 0 Å². The zero-order valence-corrected chi connectivity index (χ0v) is 17.4. The zero-order valence-electron chi connectivity index (χ0n) is 10.2. The minimum Gasteiger partial charge on any atom is -0.506 e. The Labute approximate surface area is 151 Å². The van der Waals surface area contributed by atoms with Crippen molar-refractivity contribution in [2.45, 2.75) is 0 Å². The predicted octanol–water partition coefficient (Wildman–Crippen LogP) is 5.21. The van der Waals surface area contributed by atoms with Gasteiger partial charge >= 0.3 is 0 Å². The standard InChI is InChI=1S/C13H9Br4O2P/c1-20(10-4-6(14)2-8(16)12(10)18)11-5-7(15)3-9(17)13(11)19/h2-5,18-19H,1H3. The molecule has 0 aliphatic carbocycles. The average Bonchev–Trinajstić information content (AvgIpc) is 2.37. The molecule has 0 saturated heterocycles. The van der Waals surface area contributed by atoms with Crippen LogP contribution in [-0.2, 0) is 0 Å². The summed E-state index contributed by atoms with van der Waals surface area (Å²) >= 11 is 13.5. The largest absolute Gasteiger partial charge is 0.506 e. The number of rotatable bonds is 2. The van der Waals surface area contributed by atoms with E-state index in [0.29, 0.717) is 8.95 Å². The Hall–Kier alpha value is 0.390. The van der Waals surface area contributed by atoms with Crippen molar-refractivity contribution in [1.82, 2.24) is 0 Å². The van der Waals surface area contributed by atoms with Gasteiger partial charge in [0, 0.05) is 19.6 Å². The van der Waals surface area contributed by atoms with Crippen LogP contribution in [0, 0.1) is 0 Å². The highest BCUT2D eigenvalue weighted by Gasteiger charge is 2.20. The quantitative estimate of drug-likeness (QED) is 0.507. The van der Waals surface area contributed by atoms with E-state index in [-0.39, 0.29) is 11.5 Å². The summed E-state index contributed by atoms with van der Waals surface area (Å²) in [6, 6.07) is 7.33. The molecule has 0 unspecified atom stereocenters. The van der Waals surface area contributed by atoms with Crippen molar-refractivity contribution in [3.63, 3.8) is 0 Å². The van der Waals surface area contributed by atoms with Gasteiger partial charge in [0.25, 0.3) is 0 Å². The van der Waals surface area contributed by atoms with Gasteiger partial charge in [-0.3, -0.25) is 0 Å². The third-order valence-corrected chi connectivity index (χ3v) is 6.99. The topological polar surface area (TPSA) is 40.5 Å². The number of hydrogen-bond donors (Lipinski definition) is 2. The summed E-state index contributed by atoms with van der Waals surface area (Å²) in [6.07, 6.45) is 0. The minimum absolute atomic E-state index is 0.206. The van der Waals surface area contributed by atoms with Gasteiger partial charge in [-0.2, -0.15) is 0 Å². The summed E-state index contributed by atoms with van der Waals surface area (Å²) in [5.41, 5.74) is 0. The van der Waals surface area contributed by atoms with Crippen LogP contribution in [0.4, 0.5) is 0 Å². The van der Waals surface area contributed by atoms with Crippen molar-refractivity contribution in [3.05, 3.63) is 42.2 Å². The number of phenolic OH excluding ortho intramolecular Hbond substituents is 2. The van der Waals surface area contributed by atoms with Crippen LogP contribution >= 0.6 is 71.6 Å². The molecule has 0 aromatic heterocycles. The molecule has 0 amide bonds. The fraction of sp³-hybridized carbons (Fsp3) is 0.0769. The molecule has 2 N–H and O–H groups in total.